The number of halogens is 2. The predicted molar refractivity (Wildman–Crippen MR) is 172 cm³/mol. The molecule has 0 fully saturated rings. The van der Waals surface area contributed by atoms with Gasteiger partial charge in [0, 0.05) is 0 Å². The fourth-order valence-corrected chi connectivity index (χ4v) is 39.0. The molecule has 2 unspecified atom stereocenters. The second-order valence-electron chi connectivity index (χ2n) is 11.5. The van der Waals surface area contributed by atoms with Crippen molar-refractivity contribution in [3.63, 3.8) is 0 Å². The van der Waals surface area contributed by atoms with Gasteiger partial charge >= 0.3 is 249 Å². The van der Waals surface area contributed by atoms with E-state index >= 15 is 0 Å². The molecule has 0 spiro atoms. The van der Waals surface area contributed by atoms with Crippen molar-refractivity contribution >= 4 is 35.1 Å². The Kier molecular flexibility index (Phi) is 7.45. The summed E-state index contributed by atoms with van der Waals surface area (Å²) >= 11 is -4.73. The Labute approximate surface area is 247 Å². The van der Waals surface area contributed by atoms with Crippen LogP contribution in [-0.4, -0.2) is 15.9 Å². The van der Waals surface area contributed by atoms with Gasteiger partial charge in [-0.25, -0.2) is 0 Å². The van der Waals surface area contributed by atoms with Crippen molar-refractivity contribution in [2.45, 2.75) is 47.0 Å². The number of hydrogen-bond acceptors (Lipinski definition) is 2. The van der Waals surface area contributed by atoms with E-state index in [2.05, 4.69) is 110 Å². The fourth-order valence-electron chi connectivity index (χ4n) is 7.24. The Hall–Kier alpha value is -2.10. The molecule has 0 aliphatic heterocycles. The first-order valence-corrected chi connectivity index (χ1v) is 30.7. The van der Waals surface area contributed by atoms with Crippen molar-refractivity contribution in [1.82, 2.24) is 9.97 Å². The number of nitrogens with zero attached hydrogens (tertiary/aromatic N) is 2. The summed E-state index contributed by atoms with van der Waals surface area (Å²) in [6.07, 6.45) is 14.2. The Bertz CT molecular complexity index is 1530. The Morgan fingerprint density at radius 3 is 1.40 bits per heavy atom. The molecular weight excluding hydrogens is 627 g/mol. The van der Waals surface area contributed by atoms with Gasteiger partial charge in [-0.2, -0.15) is 0 Å². The topological polar surface area (TPSA) is 25.8 Å². The average molecular weight is 662 g/mol. The second kappa shape index (κ2) is 10.6. The van der Waals surface area contributed by atoms with Crippen LogP contribution in [0.5, 0.6) is 0 Å². The maximum absolute atomic E-state index is 8.48. The standard InChI is InChI=1S/2C16H14N.C2H7Si.2ClH.Zr/c2*1-2-12-10-14-4-3-5-15(16(14)11-12)13-6-8-17-9-7-13;1-3-2;;;/h2*3-11H,2H2,1H3;3H,1-2H3;2*1H;/q;;;;;+2/p-2. The molecule has 6 rings (SSSR count). The van der Waals surface area contributed by atoms with Gasteiger partial charge in [0.2, 0.25) is 0 Å². The number of aromatic nitrogens is 2. The minimum atomic E-state index is -4.73. The van der Waals surface area contributed by atoms with Crippen molar-refractivity contribution in [2.24, 2.45) is 0 Å². The molecule has 40 heavy (non-hydrogen) atoms. The van der Waals surface area contributed by atoms with Gasteiger partial charge in [-0.05, 0) is 0 Å². The molecule has 0 amide bonds. The third kappa shape index (κ3) is 4.21. The van der Waals surface area contributed by atoms with Crippen molar-refractivity contribution in [3.8, 4) is 22.3 Å². The van der Waals surface area contributed by atoms with E-state index in [0.717, 1.165) is 12.8 Å². The van der Waals surface area contributed by atoms with E-state index in [9.17, 15) is 0 Å². The summed E-state index contributed by atoms with van der Waals surface area (Å²) in [5.41, 5.74) is 12.9. The first-order valence-electron chi connectivity index (χ1n) is 14.3. The van der Waals surface area contributed by atoms with Crippen LogP contribution in [0, 0.1) is 0 Å². The zero-order chi connectivity index (χ0) is 28.1. The molecule has 2 heterocycles. The Balaban J connectivity index is 1.59. The maximum atomic E-state index is 8.48. The van der Waals surface area contributed by atoms with E-state index in [0.29, 0.717) is 0 Å². The monoisotopic (exact) mass is 659 g/mol. The van der Waals surface area contributed by atoms with Crippen LogP contribution in [0.2, 0.25) is 13.1 Å². The van der Waals surface area contributed by atoms with Crippen molar-refractivity contribution in [2.75, 3.05) is 0 Å². The van der Waals surface area contributed by atoms with Gasteiger partial charge in [-0.15, -0.1) is 0 Å². The van der Waals surface area contributed by atoms with Gasteiger partial charge in [0.25, 0.3) is 0 Å². The van der Waals surface area contributed by atoms with E-state index in [1.165, 1.54) is 55.7 Å². The number of fused-ring (bicyclic) bond motifs is 2. The van der Waals surface area contributed by atoms with Crippen molar-refractivity contribution < 1.29 is 15.6 Å². The van der Waals surface area contributed by atoms with Gasteiger partial charge in [-0.1, -0.05) is 0 Å². The number of hydrogen-bond donors (Lipinski definition) is 0. The minimum absolute atomic E-state index is 0.105. The van der Waals surface area contributed by atoms with Crippen LogP contribution in [0.4, 0.5) is 0 Å². The van der Waals surface area contributed by atoms with Gasteiger partial charge in [-0.3, -0.25) is 0 Å². The predicted octanol–water partition coefficient (Wildman–Crippen LogP) is 10.2. The Morgan fingerprint density at radius 2 is 1.05 bits per heavy atom. The molecule has 0 N–H and O–H groups in total. The van der Waals surface area contributed by atoms with E-state index in [-0.39, 0.29) is 7.25 Å². The number of benzene rings is 2. The molecule has 0 saturated carbocycles. The third-order valence-electron chi connectivity index (χ3n) is 9.31. The molecule has 2 aliphatic carbocycles. The molecule has 0 bridgehead atoms. The second-order valence-corrected chi connectivity index (χ2v) is 54.0. The van der Waals surface area contributed by atoms with Crippen molar-refractivity contribution in [1.29, 1.82) is 0 Å². The van der Waals surface area contributed by atoms with Crippen LogP contribution < -0.4 is 0 Å². The van der Waals surface area contributed by atoms with E-state index in [4.69, 9.17) is 17.0 Å². The van der Waals surface area contributed by atoms with Gasteiger partial charge in [0.15, 0.2) is 0 Å². The van der Waals surface area contributed by atoms with Crippen LogP contribution in [0.1, 0.15) is 56.2 Å². The SMILES string of the molecule is CCC1=Cc2c(-c3ccncc3)cccc2[CH]1[Zr]([Cl])([Cl])([CH]1C(CC)=Cc2c(-c3ccncc3)cccc21)[SiH](C)C. The third-order valence-corrected chi connectivity index (χ3v) is 61.2. The van der Waals surface area contributed by atoms with Gasteiger partial charge < -0.3 is 0 Å². The zero-order valence-electron chi connectivity index (χ0n) is 23.5. The van der Waals surface area contributed by atoms with Crippen LogP contribution in [0.3, 0.4) is 0 Å². The van der Waals surface area contributed by atoms with Crippen LogP contribution >= 0.6 is 17.0 Å². The quantitative estimate of drug-likeness (QED) is 0.184. The first-order chi connectivity index (χ1) is 19.3. The number of pyridine rings is 2. The van der Waals surface area contributed by atoms with Crippen LogP contribution in [0.25, 0.3) is 34.4 Å². The van der Waals surface area contributed by atoms with Crippen molar-refractivity contribution in [3.05, 3.63) is 119 Å². The van der Waals surface area contributed by atoms with Crippen LogP contribution in [0.15, 0.2) is 96.6 Å². The molecule has 2 aliphatic rings. The number of allylic oxidation sites excluding steroid dienone is 2. The van der Waals surface area contributed by atoms with E-state index in [1.54, 1.807) is 0 Å². The molecule has 0 radical (unpaired) electrons. The zero-order valence-corrected chi connectivity index (χ0v) is 28.7. The van der Waals surface area contributed by atoms with E-state index in [1.807, 2.05) is 24.8 Å². The summed E-state index contributed by atoms with van der Waals surface area (Å²) in [7, 11) is 17.0. The fraction of sp³-hybridized carbons (Fsp3) is 0.235. The van der Waals surface area contributed by atoms with Gasteiger partial charge in [0.05, 0.1) is 0 Å². The summed E-state index contributed by atoms with van der Waals surface area (Å²) in [6.45, 7) is 9.37. The molecule has 0 saturated heterocycles. The molecule has 2 aromatic carbocycles. The molecule has 2 nitrogen and oxygen atoms in total. The summed E-state index contributed by atoms with van der Waals surface area (Å²) in [5.74, 6) is -1.58. The summed E-state index contributed by atoms with van der Waals surface area (Å²) in [4.78, 5) is 8.51. The molecule has 2 aromatic heterocycles. The normalized spacial score (nSPS) is 19.0. The van der Waals surface area contributed by atoms with Gasteiger partial charge in [0.1, 0.15) is 0 Å². The molecular formula is C34H35Cl2N2SiZr. The molecule has 2 atom stereocenters. The first kappa shape index (κ1) is 28.0. The Morgan fingerprint density at radius 1 is 0.650 bits per heavy atom. The summed E-state index contributed by atoms with van der Waals surface area (Å²) in [6, 6.07) is 21.8. The molecule has 4 aromatic rings. The van der Waals surface area contributed by atoms with E-state index < -0.39 is 21.5 Å². The number of rotatable bonds is 7. The summed E-state index contributed by atoms with van der Waals surface area (Å²) < 4.78 is 0.211. The average Bonchev–Trinajstić information content (AvgIpc) is 3.57. The van der Waals surface area contributed by atoms with Crippen LogP contribution in [-0.2, 0) is 15.6 Å². The molecule has 203 valence electrons. The molecule has 6 heteroatoms. The summed E-state index contributed by atoms with van der Waals surface area (Å²) in [5, 5.41) is 0.